The average Bonchev–Trinajstić information content (AvgIpc) is 3.19. The summed E-state index contributed by atoms with van der Waals surface area (Å²) < 4.78 is 27.1. The van der Waals surface area contributed by atoms with Crippen LogP contribution in [-0.2, 0) is 10.0 Å². The molecule has 0 aromatic heterocycles. The average molecular weight is 451 g/mol. The number of hydrogen-bond acceptors (Lipinski definition) is 4. The molecule has 1 fully saturated rings. The maximum Gasteiger partial charge on any atom is 0.331 e. The van der Waals surface area contributed by atoms with E-state index in [-0.39, 0.29) is 11.4 Å². The highest BCUT2D eigenvalue weighted by Crippen LogP contribution is 2.28. The Hall–Kier alpha value is -3.85. The van der Waals surface area contributed by atoms with Gasteiger partial charge in [-0.25, -0.2) is 22.3 Å². The third-order valence-corrected chi connectivity index (χ3v) is 6.89. The molecule has 1 atom stereocenters. The number of sulfonamides is 1. The number of hydrogen-bond donors (Lipinski definition) is 3. The number of benzene rings is 3. The van der Waals surface area contributed by atoms with Crippen LogP contribution in [0.15, 0.2) is 83.8 Å². The summed E-state index contributed by atoms with van der Waals surface area (Å²) in [6, 6.07) is 21.0. The Kier molecular flexibility index (Phi) is 5.83. The summed E-state index contributed by atoms with van der Waals surface area (Å²) >= 11 is 0. The minimum absolute atomic E-state index is 0.00368. The van der Waals surface area contributed by atoms with Gasteiger partial charge in [0.15, 0.2) is 0 Å². The molecule has 0 unspecified atom stereocenters. The Bertz CT molecular complexity index is 1250. The minimum Gasteiger partial charge on any atom is -0.328 e. The number of carbonyl (C=O) groups is 2. The normalized spacial score (nSPS) is 15.8. The van der Waals surface area contributed by atoms with Crippen LogP contribution in [0.4, 0.5) is 21.0 Å². The van der Waals surface area contributed by atoms with E-state index in [0.29, 0.717) is 16.9 Å². The van der Waals surface area contributed by atoms with Gasteiger partial charge in [-0.2, -0.15) is 0 Å². The largest absolute Gasteiger partial charge is 0.331 e. The van der Waals surface area contributed by atoms with Gasteiger partial charge in [-0.15, -0.1) is 0 Å². The molecule has 3 aromatic carbocycles. The Labute approximate surface area is 186 Å². The fourth-order valence-corrected chi connectivity index (χ4v) is 4.90. The second-order valence-corrected chi connectivity index (χ2v) is 9.23. The van der Waals surface area contributed by atoms with Crippen molar-refractivity contribution in [3.05, 3.63) is 90.0 Å². The number of para-hydroxylation sites is 1. The maximum absolute atomic E-state index is 13.1. The van der Waals surface area contributed by atoms with Gasteiger partial charge in [-0.3, -0.25) is 0 Å². The zero-order valence-corrected chi connectivity index (χ0v) is 18.1. The first-order valence-electron chi connectivity index (χ1n) is 9.96. The van der Waals surface area contributed by atoms with Crippen molar-refractivity contribution in [2.75, 3.05) is 17.2 Å². The van der Waals surface area contributed by atoms with Gasteiger partial charge in [0.25, 0.3) is 10.0 Å². The molecule has 3 N–H and O–H groups in total. The molecule has 3 aromatic rings. The van der Waals surface area contributed by atoms with Gasteiger partial charge in [0.2, 0.25) is 0 Å². The van der Waals surface area contributed by atoms with Crippen LogP contribution in [-0.4, -0.2) is 31.3 Å². The Morgan fingerprint density at radius 3 is 2.28 bits per heavy atom. The van der Waals surface area contributed by atoms with E-state index in [4.69, 9.17) is 0 Å². The van der Waals surface area contributed by atoms with Crippen molar-refractivity contribution in [2.24, 2.45) is 0 Å². The van der Waals surface area contributed by atoms with E-state index in [0.717, 1.165) is 9.87 Å². The zero-order valence-electron chi connectivity index (χ0n) is 17.3. The highest BCUT2D eigenvalue weighted by atomic mass is 32.2. The maximum atomic E-state index is 13.1. The van der Waals surface area contributed by atoms with Gasteiger partial charge < -0.3 is 16.0 Å². The van der Waals surface area contributed by atoms with Crippen molar-refractivity contribution in [1.29, 1.82) is 0 Å². The summed E-state index contributed by atoms with van der Waals surface area (Å²) in [4.78, 5) is 24.6. The van der Waals surface area contributed by atoms with Gasteiger partial charge in [0.05, 0.1) is 17.5 Å². The Morgan fingerprint density at radius 1 is 0.969 bits per heavy atom. The van der Waals surface area contributed by atoms with Gasteiger partial charge in [0, 0.05) is 11.4 Å². The zero-order chi connectivity index (χ0) is 22.7. The van der Waals surface area contributed by atoms with E-state index in [1.807, 2.05) is 36.4 Å². The van der Waals surface area contributed by atoms with Crippen LogP contribution >= 0.6 is 0 Å². The number of anilines is 2. The van der Waals surface area contributed by atoms with E-state index in [9.17, 15) is 18.0 Å². The molecule has 0 spiro atoms. The molecule has 1 heterocycles. The molecular formula is C23H22N4O4S. The standard InChI is InChI=1S/C23H22N4O4S/c1-16-14-19(12-13-20(16)25-22(28)24-18-10-6-3-7-11-18)32(30,31)27-15-21(26-23(27)29)17-8-4-2-5-9-17/h2-14,21H,15H2,1H3,(H,26,29)(H2,24,25,28)/t21-/m1/s1. The number of carbonyl (C=O) groups excluding carboxylic acids is 2. The summed E-state index contributed by atoms with van der Waals surface area (Å²) in [5.74, 6) is 0. The van der Waals surface area contributed by atoms with Crippen molar-refractivity contribution in [3.63, 3.8) is 0 Å². The molecule has 1 saturated heterocycles. The molecule has 0 saturated carbocycles. The lowest BCUT2D eigenvalue weighted by Crippen LogP contribution is -2.34. The van der Waals surface area contributed by atoms with Crippen molar-refractivity contribution in [2.45, 2.75) is 17.9 Å². The monoisotopic (exact) mass is 450 g/mol. The van der Waals surface area contributed by atoms with Crippen molar-refractivity contribution in [3.8, 4) is 0 Å². The van der Waals surface area contributed by atoms with Crippen LogP contribution in [0.2, 0.25) is 0 Å². The van der Waals surface area contributed by atoms with E-state index >= 15 is 0 Å². The molecule has 0 aliphatic carbocycles. The number of amides is 4. The van der Waals surface area contributed by atoms with Gasteiger partial charge in [0.1, 0.15) is 0 Å². The van der Waals surface area contributed by atoms with Gasteiger partial charge in [-0.05, 0) is 48.4 Å². The first-order valence-corrected chi connectivity index (χ1v) is 11.4. The predicted octanol–water partition coefficient (Wildman–Crippen LogP) is 4.09. The first kappa shape index (κ1) is 21.4. The van der Waals surface area contributed by atoms with E-state index < -0.39 is 28.1 Å². The molecule has 9 heteroatoms. The fourth-order valence-electron chi connectivity index (χ4n) is 3.47. The lowest BCUT2D eigenvalue weighted by atomic mass is 10.1. The number of rotatable bonds is 5. The Balaban J connectivity index is 1.49. The van der Waals surface area contributed by atoms with E-state index in [2.05, 4.69) is 16.0 Å². The molecule has 1 aliphatic rings. The lowest BCUT2D eigenvalue weighted by molar-refractivity contribution is 0.235. The van der Waals surface area contributed by atoms with E-state index in [1.165, 1.54) is 18.2 Å². The topological polar surface area (TPSA) is 108 Å². The molecule has 32 heavy (non-hydrogen) atoms. The first-order chi connectivity index (χ1) is 15.3. The minimum atomic E-state index is -4.05. The summed E-state index contributed by atoms with van der Waals surface area (Å²) in [6.07, 6.45) is 0. The molecular weight excluding hydrogens is 428 g/mol. The van der Waals surface area contributed by atoms with Crippen LogP contribution in [0.25, 0.3) is 0 Å². The fraction of sp³-hybridized carbons (Fsp3) is 0.130. The lowest BCUT2D eigenvalue weighted by Gasteiger charge is -2.17. The second kappa shape index (κ2) is 8.72. The molecule has 4 amide bonds. The summed E-state index contributed by atoms with van der Waals surface area (Å²) in [5.41, 5.74) is 2.48. The van der Waals surface area contributed by atoms with Crippen LogP contribution in [0.1, 0.15) is 17.2 Å². The third-order valence-electron chi connectivity index (χ3n) is 5.14. The van der Waals surface area contributed by atoms with E-state index in [1.54, 1.807) is 31.2 Å². The van der Waals surface area contributed by atoms with Crippen molar-refractivity contribution < 1.29 is 18.0 Å². The quantitative estimate of drug-likeness (QED) is 0.544. The molecule has 1 aliphatic heterocycles. The summed E-state index contributed by atoms with van der Waals surface area (Å²) in [5, 5.41) is 8.12. The second-order valence-electron chi connectivity index (χ2n) is 7.37. The molecule has 8 nitrogen and oxygen atoms in total. The number of urea groups is 2. The van der Waals surface area contributed by atoms with Crippen molar-refractivity contribution in [1.82, 2.24) is 9.62 Å². The molecule has 0 radical (unpaired) electrons. The SMILES string of the molecule is Cc1cc(S(=O)(=O)N2C[C@H](c3ccccc3)NC2=O)ccc1NC(=O)Nc1ccccc1. The smallest absolute Gasteiger partial charge is 0.328 e. The molecule has 164 valence electrons. The molecule has 4 rings (SSSR count). The van der Waals surface area contributed by atoms with Crippen LogP contribution in [0, 0.1) is 6.92 Å². The van der Waals surface area contributed by atoms with Gasteiger partial charge in [-0.1, -0.05) is 48.5 Å². The number of nitrogens with zero attached hydrogens (tertiary/aromatic N) is 1. The Morgan fingerprint density at radius 2 is 1.62 bits per heavy atom. The number of nitrogens with one attached hydrogen (secondary N) is 3. The van der Waals surface area contributed by atoms with Crippen molar-refractivity contribution >= 4 is 33.5 Å². The predicted molar refractivity (Wildman–Crippen MR) is 122 cm³/mol. The highest BCUT2D eigenvalue weighted by Gasteiger charge is 2.38. The summed E-state index contributed by atoms with van der Waals surface area (Å²) in [7, 11) is -4.05. The van der Waals surface area contributed by atoms with Crippen LogP contribution in [0.3, 0.4) is 0 Å². The third kappa shape index (κ3) is 4.42. The van der Waals surface area contributed by atoms with Crippen LogP contribution in [0.5, 0.6) is 0 Å². The van der Waals surface area contributed by atoms with Crippen LogP contribution < -0.4 is 16.0 Å². The summed E-state index contributed by atoms with van der Waals surface area (Å²) in [6.45, 7) is 1.69. The molecule has 0 bridgehead atoms. The number of aryl methyl sites for hydroxylation is 1. The highest BCUT2D eigenvalue weighted by molar-refractivity contribution is 7.89. The van der Waals surface area contributed by atoms with Gasteiger partial charge >= 0.3 is 12.1 Å².